The molecule has 0 aliphatic carbocycles. The molecule has 3 heteroatoms. The zero-order chi connectivity index (χ0) is 12.8. The molecule has 1 fully saturated rings. The van der Waals surface area contributed by atoms with E-state index in [-0.39, 0.29) is 0 Å². The van der Waals surface area contributed by atoms with Gasteiger partial charge in [-0.15, -0.1) is 0 Å². The molecule has 2 rings (SSSR count). The Morgan fingerprint density at radius 1 is 1.17 bits per heavy atom. The Balaban J connectivity index is 1.70. The molecule has 0 amide bonds. The van der Waals surface area contributed by atoms with Gasteiger partial charge in [0, 0.05) is 0 Å². The first-order valence-corrected chi connectivity index (χ1v) is 6.78. The van der Waals surface area contributed by atoms with Gasteiger partial charge in [-0.3, -0.25) is 0 Å². The Kier molecular flexibility index (Phi) is 5.02. The van der Waals surface area contributed by atoms with Gasteiger partial charge in [0.2, 0.25) is 0 Å². The average molecular weight is 249 g/mol. The van der Waals surface area contributed by atoms with Gasteiger partial charge in [-0.2, -0.15) is 0 Å². The van der Waals surface area contributed by atoms with Crippen molar-refractivity contribution in [1.29, 1.82) is 0 Å². The summed E-state index contributed by atoms with van der Waals surface area (Å²) < 4.78 is 11.6. The Hall–Kier alpha value is -1.06. The van der Waals surface area contributed by atoms with E-state index in [9.17, 15) is 0 Å². The molecule has 1 saturated heterocycles. The van der Waals surface area contributed by atoms with Crippen LogP contribution in [0.3, 0.4) is 0 Å². The van der Waals surface area contributed by atoms with E-state index in [1.165, 1.54) is 11.1 Å². The molecule has 0 radical (unpaired) electrons. The molecule has 0 bridgehead atoms. The number of piperidine rings is 1. The molecule has 1 N–H and O–H groups in total. The van der Waals surface area contributed by atoms with Crippen LogP contribution in [0, 0.1) is 13.8 Å². The lowest BCUT2D eigenvalue weighted by Gasteiger charge is -2.23. The van der Waals surface area contributed by atoms with Gasteiger partial charge in [0.25, 0.3) is 0 Å². The summed E-state index contributed by atoms with van der Waals surface area (Å²) in [5.41, 5.74) is 2.49. The number of aryl methyl sites for hydroxylation is 1. The summed E-state index contributed by atoms with van der Waals surface area (Å²) in [6.07, 6.45) is 2.64. The third-order valence-electron chi connectivity index (χ3n) is 3.54. The molecule has 18 heavy (non-hydrogen) atoms. The average Bonchev–Trinajstić information content (AvgIpc) is 2.40. The van der Waals surface area contributed by atoms with Crippen LogP contribution in [0.15, 0.2) is 18.2 Å². The second-order valence-corrected chi connectivity index (χ2v) is 4.87. The summed E-state index contributed by atoms with van der Waals surface area (Å²) in [7, 11) is 0. The summed E-state index contributed by atoms with van der Waals surface area (Å²) in [5.74, 6) is 0.976. The molecular formula is C15H23NO2. The molecule has 0 aromatic heterocycles. The maximum Gasteiger partial charge on any atom is 0.122 e. The van der Waals surface area contributed by atoms with Crippen LogP contribution in [-0.4, -0.2) is 32.4 Å². The molecule has 0 spiro atoms. The minimum atomic E-state index is 0.411. The Morgan fingerprint density at radius 2 is 1.94 bits per heavy atom. The highest BCUT2D eigenvalue weighted by Gasteiger charge is 2.12. The molecule has 1 heterocycles. The van der Waals surface area contributed by atoms with Gasteiger partial charge in [-0.05, 0) is 57.0 Å². The van der Waals surface area contributed by atoms with Crippen LogP contribution >= 0.6 is 0 Å². The van der Waals surface area contributed by atoms with Crippen molar-refractivity contribution >= 4 is 0 Å². The van der Waals surface area contributed by atoms with Crippen molar-refractivity contribution in [3.63, 3.8) is 0 Å². The van der Waals surface area contributed by atoms with Crippen molar-refractivity contribution in [3.05, 3.63) is 29.3 Å². The van der Waals surface area contributed by atoms with Gasteiger partial charge >= 0.3 is 0 Å². The van der Waals surface area contributed by atoms with Gasteiger partial charge < -0.3 is 14.8 Å². The maximum absolute atomic E-state index is 5.81. The summed E-state index contributed by atoms with van der Waals surface area (Å²) in [5, 5.41) is 3.33. The fraction of sp³-hybridized carbons (Fsp3) is 0.600. The molecule has 0 saturated carbocycles. The van der Waals surface area contributed by atoms with Gasteiger partial charge in [-0.25, -0.2) is 0 Å². The summed E-state index contributed by atoms with van der Waals surface area (Å²) >= 11 is 0. The van der Waals surface area contributed by atoms with E-state index in [4.69, 9.17) is 9.47 Å². The molecule has 0 atom stereocenters. The molecule has 1 aromatic rings. The minimum absolute atomic E-state index is 0.411. The van der Waals surface area contributed by atoms with Crippen LogP contribution in [0.1, 0.15) is 24.0 Å². The van der Waals surface area contributed by atoms with E-state index in [1.807, 2.05) is 12.1 Å². The summed E-state index contributed by atoms with van der Waals surface area (Å²) in [6.45, 7) is 7.66. The molecule has 0 unspecified atom stereocenters. The molecule has 1 aromatic carbocycles. The molecular weight excluding hydrogens is 226 g/mol. The van der Waals surface area contributed by atoms with E-state index in [1.54, 1.807) is 0 Å². The van der Waals surface area contributed by atoms with Gasteiger partial charge in [0.05, 0.1) is 12.7 Å². The van der Waals surface area contributed by atoms with E-state index < -0.39 is 0 Å². The third kappa shape index (κ3) is 3.72. The van der Waals surface area contributed by atoms with Crippen LogP contribution in [0.25, 0.3) is 0 Å². The predicted molar refractivity (Wildman–Crippen MR) is 73.3 cm³/mol. The van der Waals surface area contributed by atoms with Crippen LogP contribution < -0.4 is 10.1 Å². The number of benzene rings is 1. The van der Waals surface area contributed by atoms with Crippen molar-refractivity contribution in [2.45, 2.75) is 32.8 Å². The molecule has 100 valence electrons. The second kappa shape index (κ2) is 6.76. The SMILES string of the molecule is Cc1cccc(OCCOC2CCNCC2)c1C. The predicted octanol–water partition coefficient (Wildman–Crippen LogP) is 2.45. The minimum Gasteiger partial charge on any atom is -0.491 e. The monoisotopic (exact) mass is 249 g/mol. The fourth-order valence-corrected chi connectivity index (χ4v) is 2.21. The van der Waals surface area contributed by atoms with Crippen molar-refractivity contribution in [2.24, 2.45) is 0 Å². The van der Waals surface area contributed by atoms with Gasteiger partial charge in [0.15, 0.2) is 0 Å². The van der Waals surface area contributed by atoms with Gasteiger partial charge in [0.1, 0.15) is 12.4 Å². The third-order valence-corrected chi connectivity index (χ3v) is 3.54. The number of rotatable bonds is 5. The Morgan fingerprint density at radius 3 is 2.72 bits per heavy atom. The highest BCUT2D eigenvalue weighted by Crippen LogP contribution is 2.20. The Bertz CT molecular complexity index is 373. The first-order valence-electron chi connectivity index (χ1n) is 6.78. The van der Waals surface area contributed by atoms with Crippen molar-refractivity contribution in [2.75, 3.05) is 26.3 Å². The Labute approximate surface area is 109 Å². The van der Waals surface area contributed by atoms with E-state index >= 15 is 0 Å². The fourth-order valence-electron chi connectivity index (χ4n) is 2.21. The van der Waals surface area contributed by atoms with Crippen molar-refractivity contribution in [3.8, 4) is 5.75 Å². The first-order chi connectivity index (χ1) is 8.77. The van der Waals surface area contributed by atoms with Crippen LogP contribution in [0.4, 0.5) is 0 Å². The highest BCUT2D eigenvalue weighted by atomic mass is 16.5. The molecule has 1 aliphatic heterocycles. The quantitative estimate of drug-likeness (QED) is 0.813. The maximum atomic E-state index is 5.81. The second-order valence-electron chi connectivity index (χ2n) is 4.87. The lowest BCUT2D eigenvalue weighted by Crippen LogP contribution is -2.33. The van der Waals surface area contributed by atoms with Crippen LogP contribution in [-0.2, 0) is 4.74 Å². The normalized spacial score (nSPS) is 16.8. The topological polar surface area (TPSA) is 30.5 Å². The van der Waals surface area contributed by atoms with Gasteiger partial charge in [-0.1, -0.05) is 12.1 Å². The summed E-state index contributed by atoms with van der Waals surface area (Å²) in [6, 6.07) is 6.16. The standard InChI is InChI=1S/C15H23NO2/c1-12-4-3-5-15(13(12)2)18-11-10-17-14-6-8-16-9-7-14/h3-5,14,16H,6-11H2,1-2H3. The van der Waals surface area contributed by atoms with Crippen molar-refractivity contribution < 1.29 is 9.47 Å². The summed E-state index contributed by atoms with van der Waals surface area (Å²) in [4.78, 5) is 0. The van der Waals surface area contributed by atoms with E-state index in [2.05, 4.69) is 25.2 Å². The lowest BCUT2D eigenvalue weighted by atomic mass is 10.1. The molecule has 1 aliphatic rings. The zero-order valence-electron chi connectivity index (χ0n) is 11.4. The van der Waals surface area contributed by atoms with Crippen LogP contribution in [0.2, 0.25) is 0 Å². The number of hydrogen-bond acceptors (Lipinski definition) is 3. The van der Waals surface area contributed by atoms with Crippen LogP contribution in [0.5, 0.6) is 5.75 Å². The highest BCUT2D eigenvalue weighted by molar-refractivity contribution is 5.38. The molecule has 3 nitrogen and oxygen atoms in total. The van der Waals surface area contributed by atoms with Crippen molar-refractivity contribution in [1.82, 2.24) is 5.32 Å². The largest absolute Gasteiger partial charge is 0.491 e. The zero-order valence-corrected chi connectivity index (χ0v) is 11.4. The first kappa shape index (κ1) is 13.4. The number of hydrogen-bond donors (Lipinski definition) is 1. The van der Waals surface area contributed by atoms with E-state index in [0.717, 1.165) is 31.7 Å². The number of nitrogens with one attached hydrogen (secondary N) is 1. The number of ether oxygens (including phenoxy) is 2. The van der Waals surface area contributed by atoms with E-state index in [0.29, 0.717) is 19.3 Å². The lowest BCUT2D eigenvalue weighted by molar-refractivity contribution is 0.0167. The smallest absolute Gasteiger partial charge is 0.122 e.